The van der Waals surface area contributed by atoms with E-state index in [4.69, 9.17) is 4.42 Å². The highest BCUT2D eigenvalue weighted by atomic mass is 32.1. The largest absolute Gasteiger partial charge is 0.420 e. The zero-order valence-corrected chi connectivity index (χ0v) is 11.8. The minimum absolute atomic E-state index is 0.371. The molecule has 1 aromatic carbocycles. The number of hydrogen-bond acceptors (Lipinski definition) is 6. The van der Waals surface area contributed by atoms with E-state index in [2.05, 4.69) is 22.4 Å². The molecule has 0 unspecified atom stereocenters. The van der Waals surface area contributed by atoms with Crippen LogP contribution in [0.3, 0.4) is 0 Å². The molecule has 0 amide bonds. The summed E-state index contributed by atoms with van der Waals surface area (Å²) in [7, 11) is 0. The molecule has 104 valence electrons. The summed E-state index contributed by atoms with van der Waals surface area (Å²) in [5.74, 6) is -0.371. The van der Waals surface area contributed by atoms with Crippen LogP contribution in [0.25, 0.3) is 11.1 Å². The lowest BCUT2D eigenvalue weighted by molar-refractivity contribution is 0.517. The Kier molecular flexibility index (Phi) is 3.51. The highest BCUT2D eigenvalue weighted by Crippen LogP contribution is 2.18. The van der Waals surface area contributed by atoms with Crippen LogP contribution in [0.5, 0.6) is 0 Å². The molecule has 2 heterocycles. The molecule has 3 aromatic rings. The molecule has 0 bridgehead atoms. The highest BCUT2D eigenvalue weighted by molar-refractivity contribution is 7.15. The standard InChI is InChI=1S/C13H14N4O2S/c1-2-7-14-12-16-15-11(20-12)8-17-9-5-3-4-6-10(9)19-13(17)18/h3-6H,2,7-8H2,1H3,(H,14,16). The number of fused-ring (bicyclic) bond motifs is 1. The van der Waals surface area contributed by atoms with Crippen molar-refractivity contribution in [2.75, 3.05) is 11.9 Å². The quantitative estimate of drug-likeness (QED) is 0.780. The van der Waals surface area contributed by atoms with Crippen LogP contribution < -0.4 is 11.1 Å². The molecule has 0 fully saturated rings. The Morgan fingerprint density at radius 3 is 3.05 bits per heavy atom. The Morgan fingerprint density at radius 2 is 2.20 bits per heavy atom. The Labute approximate surface area is 119 Å². The lowest BCUT2D eigenvalue weighted by Gasteiger charge is -1.97. The molecule has 7 heteroatoms. The van der Waals surface area contributed by atoms with Crippen LogP contribution >= 0.6 is 11.3 Å². The van der Waals surface area contributed by atoms with E-state index >= 15 is 0 Å². The molecule has 2 aromatic heterocycles. The van der Waals surface area contributed by atoms with E-state index in [9.17, 15) is 4.79 Å². The number of nitrogens with zero attached hydrogens (tertiary/aromatic N) is 3. The zero-order valence-electron chi connectivity index (χ0n) is 11.0. The van der Waals surface area contributed by atoms with Gasteiger partial charge in [-0.3, -0.25) is 4.57 Å². The van der Waals surface area contributed by atoms with Crippen LogP contribution in [0.15, 0.2) is 33.5 Å². The third-order valence-electron chi connectivity index (χ3n) is 2.86. The van der Waals surface area contributed by atoms with Gasteiger partial charge in [-0.1, -0.05) is 30.4 Å². The fourth-order valence-electron chi connectivity index (χ4n) is 1.92. The topological polar surface area (TPSA) is 73.0 Å². The van der Waals surface area contributed by atoms with Crippen LogP contribution in [0.2, 0.25) is 0 Å². The third kappa shape index (κ3) is 2.44. The van der Waals surface area contributed by atoms with Gasteiger partial charge in [0.1, 0.15) is 5.01 Å². The van der Waals surface area contributed by atoms with Gasteiger partial charge < -0.3 is 9.73 Å². The van der Waals surface area contributed by atoms with Crippen LogP contribution in [0.4, 0.5) is 5.13 Å². The second-order valence-corrected chi connectivity index (χ2v) is 5.41. The van der Waals surface area contributed by atoms with Crippen molar-refractivity contribution in [3.8, 4) is 0 Å². The molecule has 0 aliphatic heterocycles. The zero-order chi connectivity index (χ0) is 13.9. The van der Waals surface area contributed by atoms with Crippen molar-refractivity contribution in [3.63, 3.8) is 0 Å². The number of rotatable bonds is 5. The molecule has 20 heavy (non-hydrogen) atoms. The van der Waals surface area contributed by atoms with Crippen molar-refractivity contribution in [3.05, 3.63) is 39.8 Å². The second kappa shape index (κ2) is 5.46. The summed E-state index contributed by atoms with van der Waals surface area (Å²) in [4.78, 5) is 11.9. The van der Waals surface area contributed by atoms with E-state index in [1.165, 1.54) is 11.3 Å². The molecule has 0 aliphatic carbocycles. The van der Waals surface area contributed by atoms with Crippen LogP contribution in [-0.4, -0.2) is 21.3 Å². The van der Waals surface area contributed by atoms with E-state index in [0.29, 0.717) is 12.1 Å². The molecule has 0 saturated heterocycles. The molecule has 0 aliphatic rings. The number of oxazole rings is 1. The maximum Gasteiger partial charge on any atom is 0.420 e. The lowest BCUT2D eigenvalue weighted by atomic mass is 10.3. The van der Waals surface area contributed by atoms with Crippen molar-refractivity contribution in [2.45, 2.75) is 19.9 Å². The van der Waals surface area contributed by atoms with E-state index in [1.807, 2.05) is 18.2 Å². The second-order valence-electron chi connectivity index (χ2n) is 4.35. The molecule has 3 rings (SSSR count). The summed E-state index contributed by atoms with van der Waals surface area (Å²) in [5.41, 5.74) is 1.36. The molecule has 0 spiro atoms. The van der Waals surface area contributed by atoms with Crippen molar-refractivity contribution < 1.29 is 4.42 Å². The number of para-hydroxylation sites is 2. The lowest BCUT2D eigenvalue weighted by Crippen LogP contribution is -2.14. The fourth-order valence-corrected chi connectivity index (χ4v) is 2.67. The van der Waals surface area contributed by atoms with Crippen LogP contribution in [0, 0.1) is 0 Å². The van der Waals surface area contributed by atoms with Gasteiger partial charge in [-0.05, 0) is 18.6 Å². The maximum absolute atomic E-state index is 11.9. The van der Waals surface area contributed by atoms with Crippen LogP contribution in [-0.2, 0) is 6.54 Å². The van der Waals surface area contributed by atoms with Gasteiger partial charge in [-0.25, -0.2) is 4.79 Å². The van der Waals surface area contributed by atoms with Crippen LogP contribution in [0.1, 0.15) is 18.4 Å². The summed E-state index contributed by atoms with van der Waals surface area (Å²) in [5, 5.41) is 12.9. The van der Waals surface area contributed by atoms with Gasteiger partial charge in [0, 0.05) is 6.54 Å². The van der Waals surface area contributed by atoms with Crippen molar-refractivity contribution in [1.29, 1.82) is 0 Å². The number of hydrogen-bond donors (Lipinski definition) is 1. The first-order chi connectivity index (χ1) is 9.78. The van der Waals surface area contributed by atoms with Gasteiger partial charge in [0.2, 0.25) is 5.13 Å². The first-order valence-electron chi connectivity index (χ1n) is 6.42. The van der Waals surface area contributed by atoms with E-state index < -0.39 is 0 Å². The smallest absolute Gasteiger partial charge is 0.408 e. The predicted octanol–water partition coefficient (Wildman–Crippen LogP) is 2.32. The summed E-state index contributed by atoms with van der Waals surface area (Å²) >= 11 is 1.45. The number of benzene rings is 1. The molecule has 0 atom stereocenters. The fraction of sp³-hybridized carbons (Fsp3) is 0.308. The minimum Gasteiger partial charge on any atom is -0.408 e. The maximum atomic E-state index is 11.9. The molecular weight excluding hydrogens is 276 g/mol. The van der Waals surface area contributed by atoms with E-state index in [-0.39, 0.29) is 5.76 Å². The number of aromatic nitrogens is 3. The summed E-state index contributed by atoms with van der Waals surface area (Å²) < 4.78 is 6.76. The Hall–Kier alpha value is -2.15. The number of nitrogens with one attached hydrogen (secondary N) is 1. The summed E-state index contributed by atoms with van der Waals surface area (Å²) in [6.45, 7) is 3.33. The monoisotopic (exact) mass is 290 g/mol. The van der Waals surface area contributed by atoms with Gasteiger partial charge in [0.15, 0.2) is 5.58 Å². The Morgan fingerprint density at radius 1 is 1.35 bits per heavy atom. The van der Waals surface area contributed by atoms with Crippen molar-refractivity contribution >= 4 is 27.6 Å². The summed E-state index contributed by atoms with van der Waals surface area (Å²) in [6.07, 6.45) is 1.03. The van der Waals surface area contributed by atoms with Gasteiger partial charge in [0.25, 0.3) is 0 Å². The Bertz CT molecular complexity index is 774. The van der Waals surface area contributed by atoms with E-state index in [0.717, 1.165) is 28.6 Å². The molecule has 6 nitrogen and oxygen atoms in total. The normalized spacial score (nSPS) is 11.1. The highest BCUT2D eigenvalue weighted by Gasteiger charge is 2.11. The average Bonchev–Trinajstić information content (AvgIpc) is 3.02. The third-order valence-corrected chi connectivity index (χ3v) is 3.73. The summed E-state index contributed by atoms with van der Waals surface area (Å²) in [6, 6.07) is 7.36. The van der Waals surface area contributed by atoms with Gasteiger partial charge >= 0.3 is 5.76 Å². The minimum atomic E-state index is -0.371. The predicted molar refractivity (Wildman–Crippen MR) is 78.3 cm³/mol. The van der Waals surface area contributed by atoms with Gasteiger partial charge in [0.05, 0.1) is 12.1 Å². The molecule has 0 radical (unpaired) electrons. The molecule has 1 N–H and O–H groups in total. The van der Waals surface area contributed by atoms with Gasteiger partial charge in [-0.2, -0.15) is 0 Å². The molecule has 0 saturated carbocycles. The van der Waals surface area contributed by atoms with Crippen molar-refractivity contribution in [1.82, 2.24) is 14.8 Å². The first kappa shape index (κ1) is 12.9. The van der Waals surface area contributed by atoms with E-state index in [1.54, 1.807) is 10.6 Å². The average molecular weight is 290 g/mol. The SMILES string of the molecule is CCCNc1nnc(Cn2c(=O)oc3ccccc32)s1. The van der Waals surface area contributed by atoms with Crippen molar-refractivity contribution in [2.24, 2.45) is 0 Å². The Balaban J connectivity index is 1.87. The number of anilines is 1. The molecular formula is C13H14N4O2S. The first-order valence-corrected chi connectivity index (χ1v) is 7.24. The van der Waals surface area contributed by atoms with Gasteiger partial charge in [-0.15, -0.1) is 10.2 Å².